The van der Waals surface area contributed by atoms with E-state index in [1.807, 2.05) is 42.5 Å². The van der Waals surface area contributed by atoms with Crippen LogP contribution in [0.2, 0.25) is 0 Å². The number of hydrogen-bond acceptors (Lipinski definition) is 3. The molecule has 2 aromatic rings. The molecule has 0 atom stereocenters. The molecule has 0 bridgehead atoms. The zero-order valence-corrected chi connectivity index (χ0v) is 10.1. The van der Waals surface area contributed by atoms with Gasteiger partial charge in [0.05, 0.1) is 13.5 Å². The molecular weight excluding hydrogens is 228 g/mol. The van der Waals surface area contributed by atoms with Crippen LogP contribution in [0.5, 0.6) is 11.5 Å². The topological polar surface area (TPSA) is 35.5 Å². The number of esters is 1. The molecule has 0 aliphatic rings. The van der Waals surface area contributed by atoms with Crippen molar-refractivity contribution in [3.63, 3.8) is 0 Å². The Bertz CT molecular complexity index is 520. The monoisotopic (exact) mass is 242 g/mol. The van der Waals surface area contributed by atoms with Crippen molar-refractivity contribution in [2.75, 3.05) is 7.11 Å². The van der Waals surface area contributed by atoms with Crippen LogP contribution in [0.25, 0.3) is 0 Å². The largest absolute Gasteiger partial charge is 0.496 e. The van der Waals surface area contributed by atoms with Gasteiger partial charge in [-0.2, -0.15) is 0 Å². The van der Waals surface area contributed by atoms with Crippen molar-refractivity contribution in [3.8, 4) is 11.5 Å². The molecule has 0 aromatic heterocycles. The van der Waals surface area contributed by atoms with Crippen molar-refractivity contribution >= 4 is 5.97 Å². The Morgan fingerprint density at radius 2 is 1.67 bits per heavy atom. The first-order valence-corrected chi connectivity index (χ1v) is 5.67. The minimum Gasteiger partial charge on any atom is -0.496 e. The molecule has 0 spiro atoms. The molecule has 0 aliphatic carbocycles. The second-order valence-electron chi connectivity index (χ2n) is 3.78. The van der Waals surface area contributed by atoms with Crippen molar-refractivity contribution in [2.45, 2.75) is 6.42 Å². The Labute approximate surface area is 106 Å². The van der Waals surface area contributed by atoms with Gasteiger partial charge in [0.25, 0.3) is 0 Å². The molecule has 0 radical (unpaired) electrons. The first-order chi connectivity index (χ1) is 8.79. The van der Waals surface area contributed by atoms with Crippen molar-refractivity contribution < 1.29 is 14.3 Å². The van der Waals surface area contributed by atoms with E-state index in [-0.39, 0.29) is 12.4 Å². The molecule has 0 aliphatic heterocycles. The first kappa shape index (κ1) is 12.2. The fraction of sp³-hybridized carbons (Fsp3) is 0.133. The molecule has 0 saturated heterocycles. The SMILES string of the molecule is COc1ccccc1CC(=O)Oc1ccccc1. The molecule has 2 aromatic carbocycles. The predicted molar refractivity (Wildman–Crippen MR) is 68.8 cm³/mol. The summed E-state index contributed by atoms with van der Waals surface area (Å²) >= 11 is 0. The summed E-state index contributed by atoms with van der Waals surface area (Å²) in [7, 11) is 1.58. The number of ether oxygens (including phenoxy) is 2. The fourth-order valence-corrected chi connectivity index (χ4v) is 1.66. The van der Waals surface area contributed by atoms with E-state index in [2.05, 4.69) is 0 Å². The van der Waals surface area contributed by atoms with Crippen LogP contribution in [0.15, 0.2) is 54.6 Å². The van der Waals surface area contributed by atoms with Crippen LogP contribution in [0.1, 0.15) is 5.56 Å². The zero-order valence-electron chi connectivity index (χ0n) is 10.1. The second kappa shape index (κ2) is 5.87. The third-order valence-corrected chi connectivity index (χ3v) is 2.50. The highest BCUT2D eigenvalue weighted by Crippen LogP contribution is 2.18. The van der Waals surface area contributed by atoms with Crippen molar-refractivity contribution in [3.05, 3.63) is 60.2 Å². The van der Waals surface area contributed by atoms with Gasteiger partial charge in [-0.05, 0) is 18.2 Å². The van der Waals surface area contributed by atoms with Crippen molar-refractivity contribution in [1.29, 1.82) is 0 Å². The van der Waals surface area contributed by atoms with Gasteiger partial charge in [-0.25, -0.2) is 0 Å². The fourth-order valence-electron chi connectivity index (χ4n) is 1.66. The van der Waals surface area contributed by atoms with Gasteiger partial charge in [-0.3, -0.25) is 4.79 Å². The highest BCUT2D eigenvalue weighted by molar-refractivity contribution is 5.76. The maximum atomic E-state index is 11.8. The number of carbonyl (C=O) groups is 1. The van der Waals surface area contributed by atoms with Crippen molar-refractivity contribution in [1.82, 2.24) is 0 Å². The number of carbonyl (C=O) groups excluding carboxylic acids is 1. The Morgan fingerprint density at radius 3 is 2.39 bits per heavy atom. The minimum atomic E-state index is -0.300. The average molecular weight is 242 g/mol. The highest BCUT2D eigenvalue weighted by Gasteiger charge is 2.09. The van der Waals surface area contributed by atoms with E-state index >= 15 is 0 Å². The molecule has 0 saturated carbocycles. The molecule has 0 fully saturated rings. The van der Waals surface area contributed by atoms with Gasteiger partial charge < -0.3 is 9.47 Å². The average Bonchev–Trinajstić information content (AvgIpc) is 2.40. The summed E-state index contributed by atoms with van der Waals surface area (Å²) in [6, 6.07) is 16.4. The van der Waals surface area contributed by atoms with E-state index in [0.717, 1.165) is 5.56 Å². The minimum absolute atomic E-state index is 0.193. The van der Waals surface area contributed by atoms with Crippen LogP contribution in [0.3, 0.4) is 0 Å². The Kier molecular flexibility index (Phi) is 3.97. The third kappa shape index (κ3) is 3.10. The maximum absolute atomic E-state index is 11.8. The lowest BCUT2D eigenvalue weighted by molar-refractivity contribution is -0.133. The summed E-state index contributed by atoms with van der Waals surface area (Å²) in [5.74, 6) is 0.950. The number of benzene rings is 2. The van der Waals surface area contributed by atoms with E-state index in [4.69, 9.17) is 9.47 Å². The number of methoxy groups -OCH3 is 1. The highest BCUT2D eigenvalue weighted by atomic mass is 16.5. The lowest BCUT2D eigenvalue weighted by Gasteiger charge is -2.08. The van der Waals surface area contributed by atoms with Gasteiger partial charge in [0, 0.05) is 5.56 Å². The molecule has 92 valence electrons. The Balaban J connectivity index is 2.03. The molecule has 0 heterocycles. The van der Waals surface area contributed by atoms with Gasteiger partial charge >= 0.3 is 5.97 Å². The summed E-state index contributed by atoms with van der Waals surface area (Å²) in [5.41, 5.74) is 0.820. The number of para-hydroxylation sites is 2. The molecular formula is C15H14O3. The van der Waals surface area contributed by atoms with Gasteiger partial charge in [0.1, 0.15) is 11.5 Å². The van der Waals surface area contributed by atoms with Gasteiger partial charge in [-0.1, -0.05) is 36.4 Å². The summed E-state index contributed by atoms with van der Waals surface area (Å²) in [5, 5.41) is 0. The molecule has 0 amide bonds. The molecule has 0 N–H and O–H groups in total. The summed E-state index contributed by atoms with van der Waals surface area (Å²) in [4.78, 5) is 11.8. The summed E-state index contributed by atoms with van der Waals surface area (Å²) in [6.07, 6.45) is 0.193. The predicted octanol–water partition coefficient (Wildman–Crippen LogP) is 2.84. The van der Waals surface area contributed by atoms with Crippen LogP contribution in [-0.2, 0) is 11.2 Å². The standard InChI is InChI=1S/C15H14O3/c1-17-14-10-6-5-7-12(14)11-15(16)18-13-8-3-2-4-9-13/h2-10H,11H2,1H3. The van der Waals surface area contributed by atoms with E-state index < -0.39 is 0 Å². The number of rotatable bonds is 4. The quantitative estimate of drug-likeness (QED) is 0.611. The van der Waals surface area contributed by atoms with E-state index in [0.29, 0.717) is 11.5 Å². The number of hydrogen-bond donors (Lipinski definition) is 0. The van der Waals surface area contributed by atoms with Crippen LogP contribution in [0, 0.1) is 0 Å². The molecule has 0 unspecified atom stereocenters. The molecule has 2 rings (SSSR count). The Morgan fingerprint density at radius 1 is 1.00 bits per heavy atom. The maximum Gasteiger partial charge on any atom is 0.315 e. The lowest BCUT2D eigenvalue weighted by atomic mass is 10.1. The van der Waals surface area contributed by atoms with Gasteiger partial charge in [0.2, 0.25) is 0 Å². The van der Waals surface area contributed by atoms with E-state index in [1.165, 1.54) is 0 Å². The van der Waals surface area contributed by atoms with E-state index in [1.54, 1.807) is 19.2 Å². The summed E-state index contributed by atoms with van der Waals surface area (Å²) in [6.45, 7) is 0. The normalized spacial score (nSPS) is 9.83. The summed E-state index contributed by atoms with van der Waals surface area (Å²) < 4.78 is 10.4. The van der Waals surface area contributed by atoms with Crippen LogP contribution >= 0.6 is 0 Å². The first-order valence-electron chi connectivity index (χ1n) is 5.67. The molecule has 3 nitrogen and oxygen atoms in total. The lowest BCUT2D eigenvalue weighted by Crippen LogP contribution is -2.11. The van der Waals surface area contributed by atoms with Gasteiger partial charge in [-0.15, -0.1) is 0 Å². The Hall–Kier alpha value is -2.29. The smallest absolute Gasteiger partial charge is 0.315 e. The van der Waals surface area contributed by atoms with Crippen LogP contribution in [0.4, 0.5) is 0 Å². The van der Waals surface area contributed by atoms with Crippen molar-refractivity contribution in [2.24, 2.45) is 0 Å². The molecule has 18 heavy (non-hydrogen) atoms. The second-order valence-corrected chi connectivity index (χ2v) is 3.78. The van der Waals surface area contributed by atoms with Gasteiger partial charge in [0.15, 0.2) is 0 Å². The van der Waals surface area contributed by atoms with Crippen LogP contribution in [-0.4, -0.2) is 13.1 Å². The third-order valence-electron chi connectivity index (χ3n) is 2.50. The van der Waals surface area contributed by atoms with E-state index in [9.17, 15) is 4.79 Å². The molecule has 3 heteroatoms. The van der Waals surface area contributed by atoms with Crippen LogP contribution < -0.4 is 9.47 Å². The zero-order chi connectivity index (χ0) is 12.8.